The molecule has 0 radical (unpaired) electrons. The molecular weight excluding hydrogens is 392 g/mol. The molecule has 0 bridgehead atoms. The maximum Gasteiger partial charge on any atom is 0.221 e. The maximum absolute atomic E-state index is 12.2. The number of amides is 1. The predicted octanol–water partition coefficient (Wildman–Crippen LogP) is 2.23. The molecule has 1 amide bonds. The largest absolute Gasteiger partial charge is 0.381 e. The molecule has 0 saturated carbocycles. The van der Waals surface area contributed by atoms with Crippen molar-refractivity contribution in [3.63, 3.8) is 0 Å². The Kier molecular flexibility index (Phi) is 6.09. The number of carbonyl (C=O) groups is 1. The zero-order valence-electron chi connectivity index (χ0n) is 16.7. The van der Waals surface area contributed by atoms with Crippen LogP contribution in [0.15, 0.2) is 48.5 Å². The summed E-state index contributed by atoms with van der Waals surface area (Å²) in [6.07, 6.45) is 0. The molecule has 1 aliphatic heterocycles. The summed E-state index contributed by atoms with van der Waals surface area (Å²) < 4.78 is 32.4. The van der Waals surface area contributed by atoms with E-state index >= 15 is 0 Å². The quantitative estimate of drug-likeness (QED) is 0.667. The van der Waals surface area contributed by atoms with Gasteiger partial charge in [0, 0.05) is 12.6 Å². The second-order valence-corrected chi connectivity index (χ2v) is 9.81. The summed E-state index contributed by atoms with van der Waals surface area (Å²) in [5.74, 6) is -0.128. The molecule has 1 fully saturated rings. The van der Waals surface area contributed by atoms with Crippen LogP contribution >= 0.6 is 0 Å². The highest BCUT2D eigenvalue weighted by Crippen LogP contribution is 2.33. The Labute approximate surface area is 171 Å². The van der Waals surface area contributed by atoms with E-state index in [1.165, 1.54) is 6.92 Å². The lowest BCUT2D eigenvalue weighted by atomic mass is 9.88. The SMILES string of the molecule is CC(=O)Nc1ccc(-c2ccc(C3(O)COCC3NS(=O)(=O)C(C)C)cc2)cc1. The number of benzene rings is 2. The van der Waals surface area contributed by atoms with Gasteiger partial charge in [-0.3, -0.25) is 4.79 Å². The van der Waals surface area contributed by atoms with Crippen LogP contribution in [0.25, 0.3) is 11.1 Å². The van der Waals surface area contributed by atoms with E-state index in [4.69, 9.17) is 4.74 Å². The van der Waals surface area contributed by atoms with Crippen LogP contribution in [0.2, 0.25) is 0 Å². The van der Waals surface area contributed by atoms with E-state index in [0.717, 1.165) is 16.8 Å². The van der Waals surface area contributed by atoms with Gasteiger partial charge in [-0.2, -0.15) is 0 Å². The van der Waals surface area contributed by atoms with Gasteiger partial charge < -0.3 is 15.2 Å². The van der Waals surface area contributed by atoms with Gasteiger partial charge in [-0.1, -0.05) is 36.4 Å². The fourth-order valence-electron chi connectivity index (χ4n) is 3.22. The van der Waals surface area contributed by atoms with Crippen molar-refractivity contribution in [2.75, 3.05) is 18.5 Å². The number of rotatable bonds is 6. The van der Waals surface area contributed by atoms with Crippen LogP contribution in [0, 0.1) is 0 Å². The number of aliphatic hydroxyl groups is 1. The summed E-state index contributed by atoms with van der Waals surface area (Å²) in [4.78, 5) is 11.1. The Morgan fingerprint density at radius 3 is 2.17 bits per heavy atom. The fourth-order valence-corrected chi connectivity index (χ4v) is 4.15. The summed E-state index contributed by atoms with van der Waals surface area (Å²) >= 11 is 0. The highest BCUT2D eigenvalue weighted by Gasteiger charge is 2.46. The second-order valence-electron chi connectivity index (χ2n) is 7.54. The first kappa shape index (κ1) is 21.4. The summed E-state index contributed by atoms with van der Waals surface area (Å²) in [6.45, 7) is 4.75. The summed E-state index contributed by atoms with van der Waals surface area (Å²) in [5, 5.41) is 13.3. The molecule has 0 spiro atoms. The van der Waals surface area contributed by atoms with Gasteiger partial charge in [0.25, 0.3) is 0 Å². The van der Waals surface area contributed by atoms with Gasteiger partial charge in [0.2, 0.25) is 15.9 Å². The lowest BCUT2D eigenvalue weighted by Gasteiger charge is -2.29. The number of anilines is 1. The maximum atomic E-state index is 12.2. The van der Waals surface area contributed by atoms with Crippen LogP contribution in [0.5, 0.6) is 0 Å². The predicted molar refractivity (Wildman–Crippen MR) is 112 cm³/mol. The third-order valence-corrected chi connectivity index (χ3v) is 6.89. The average molecular weight is 419 g/mol. The standard InChI is InChI=1S/C21H26N2O5S/c1-14(2)29(26,27)23-20-12-28-13-21(20,25)18-8-4-16(5-9-18)17-6-10-19(11-7-17)22-15(3)24/h4-11,14,20,23,25H,12-13H2,1-3H3,(H,22,24). The zero-order valence-corrected chi connectivity index (χ0v) is 17.5. The van der Waals surface area contributed by atoms with Crippen LogP contribution in [0.1, 0.15) is 26.3 Å². The van der Waals surface area contributed by atoms with Crippen LogP contribution in [-0.4, -0.2) is 43.9 Å². The first-order valence-corrected chi connectivity index (χ1v) is 11.0. The van der Waals surface area contributed by atoms with Crippen LogP contribution in [0.3, 0.4) is 0 Å². The van der Waals surface area contributed by atoms with Crippen molar-refractivity contribution in [3.05, 3.63) is 54.1 Å². The van der Waals surface area contributed by atoms with Gasteiger partial charge >= 0.3 is 0 Å². The molecule has 156 valence electrons. The zero-order chi connectivity index (χ0) is 21.2. The highest BCUT2D eigenvalue weighted by atomic mass is 32.2. The molecule has 1 aliphatic rings. The molecule has 3 N–H and O–H groups in total. The minimum Gasteiger partial charge on any atom is -0.381 e. The molecule has 2 aromatic carbocycles. The van der Waals surface area contributed by atoms with E-state index in [1.54, 1.807) is 26.0 Å². The van der Waals surface area contributed by atoms with Crippen molar-refractivity contribution in [1.29, 1.82) is 0 Å². The van der Waals surface area contributed by atoms with Crippen LogP contribution in [-0.2, 0) is 25.2 Å². The number of carbonyl (C=O) groups excluding carboxylic acids is 1. The molecular formula is C21H26N2O5S. The van der Waals surface area contributed by atoms with Crippen molar-refractivity contribution in [3.8, 4) is 11.1 Å². The highest BCUT2D eigenvalue weighted by molar-refractivity contribution is 7.90. The Morgan fingerprint density at radius 2 is 1.66 bits per heavy atom. The molecule has 0 aliphatic carbocycles. The van der Waals surface area contributed by atoms with Crippen LogP contribution in [0.4, 0.5) is 5.69 Å². The van der Waals surface area contributed by atoms with Crippen molar-refractivity contribution < 1.29 is 23.1 Å². The molecule has 1 heterocycles. The van der Waals surface area contributed by atoms with Gasteiger partial charge in [-0.05, 0) is 42.7 Å². The molecule has 8 heteroatoms. The first-order valence-electron chi connectivity index (χ1n) is 9.41. The third-order valence-electron chi connectivity index (χ3n) is 5.03. The lowest BCUT2D eigenvalue weighted by molar-refractivity contribution is -0.114. The Balaban J connectivity index is 1.80. The molecule has 2 aromatic rings. The number of sulfonamides is 1. The summed E-state index contributed by atoms with van der Waals surface area (Å²) in [6, 6.07) is 14.0. The van der Waals surface area contributed by atoms with E-state index in [2.05, 4.69) is 10.0 Å². The number of hydrogen-bond acceptors (Lipinski definition) is 5. The summed E-state index contributed by atoms with van der Waals surface area (Å²) in [5.41, 5.74) is 1.76. The summed E-state index contributed by atoms with van der Waals surface area (Å²) in [7, 11) is -3.54. The van der Waals surface area contributed by atoms with Gasteiger partial charge in [0.1, 0.15) is 5.60 Å². The molecule has 1 saturated heterocycles. The van der Waals surface area contributed by atoms with Gasteiger partial charge in [-0.15, -0.1) is 0 Å². The molecule has 3 rings (SSSR count). The van der Waals surface area contributed by atoms with Crippen molar-refractivity contribution in [2.45, 2.75) is 37.7 Å². The van der Waals surface area contributed by atoms with Crippen molar-refractivity contribution in [1.82, 2.24) is 4.72 Å². The van der Waals surface area contributed by atoms with E-state index in [-0.39, 0.29) is 19.1 Å². The topological polar surface area (TPSA) is 105 Å². The third kappa shape index (κ3) is 4.67. The minimum atomic E-state index is -3.54. The monoisotopic (exact) mass is 418 g/mol. The number of nitrogens with one attached hydrogen (secondary N) is 2. The fraction of sp³-hybridized carbons (Fsp3) is 0.381. The van der Waals surface area contributed by atoms with E-state index in [9.17, 15) is 18.3 Å². The van der Waals surface area contributed by atoms with E-state index in [0.29, 0.717) is 5.56 Å². The van der Waals surface area contributed by atoms with Crippen molar-refractivity contribution >= 4 is 21.6 Å². The molecule has 2 unspecified atom stereocenters. The van der Waals surface area contributed by atoms with Gasteiger partial charge in [0.15, 0.2) is 0 Å². The Morgan fingerprint density at radius 1 is 1.10 bits per heavy atom. The lowest BCUT2D eigenvalue weighted by Crippen LogP contribution is -2.51. The molecule has 7 nitrogen and oxygen atoms in total. The van der Waals surface area contributed by atoms with Crippen molar-refractivity contribution in [2.24, 2.45) is 0 Å². The normalized spacial score (nSPS) is 22.0. The number of hydrogen-bond donors (Lipinski definition) is 3. The Hall–Kier alpha value is -2.26. The molecule has 29 heavy (non-hydrogen) atoms. The molecule has 0 aromatic heterocycles. The average Bonchev–Trinajstić information content (AvgIpc) is 3.03. The number of ether oxygens (including phenoxy) is 1. The minimum absolute atomic E-state index is 0.0169. The van der Waals surface area contributed by atoms with E-state index in [1.807, 2.05) is 36.4 Å². The van der Waals surface area contributed by atoms with Gasteiger partial charge in [-0.25, -0.2) is 13.1 Å². The Bertz CT molecular complexity index is 971. The first-order chi connectivity index (χ1) is 13.6. The van der Waals surface area contributed by atoms with Crippen LogP contribution < -0.4 is 10.0 Å². The molecule has 2 atom stereocenters. The van der Waals surface area contributed by atoms with Gasteiger partial charge in [0.05, 0.1) is 24.5 Å². The smallest absolute Gasteiger partial charge is 0.221 e. The van der Waals surface area contributed by atoms with E-state index < -0.39 is 26.9 Å². The second kappa shape index (κ2) is 8.23.